The van der Waals surface area contributed by atoms with Crippen LogP contribution >= 0.6 is 0 Å². The summed E-state index contributed by atoms with van der Waals surface area (Å²) < 4.78 is 18.8. The van der Waals surface area contributed by atoms with Crippen LogP contribution in [0.3, 0.4) is 0 Å². The van der Waals surface area contributed by atoms with Crippen molar-refractivity contribution in [3.05, 3.63) is 65.7 Å². The van der Waals surface area contributed by atoms with Crippen LogP contribution in [-0.2, 0) is 11.2 Å². The number of nitrogens with one attached hydrogen (secondary N) is 1. The number of halogens is 1. The van der Waals surface area contributed by atoms with Gasteiger partial charge in [0.05, 0.1) is 6.42 Å². The third-order valence-electron chi connectivity index (χ3n) is 4.73. The minimum atomic E-state index is -0.349. The molecule has 0 bridgehead atoms. The molecule has 1 saturated heterocycles. The summed E-state index contributed by atoms with van der Waals surface area (Å²) in [6, 6.07) is 13.0. The number of hydrogen-bond donors (Lipinski definition) is 1. The molecule has 0 aliphatic carbocycles. The van der Waals surface area contributed by atoms with Crippen LogP contribution in [0.25, 0.3) is 11.0 Å². The molecule has 2 heterocycles. The number of fused-ring (bicyclic) bond motifs is 1. The minimum absolute atomic E-state index is 0.0805. The summed E-state index contributed by atoms with van der Waals surface area (Å²) in [5.41, 5.74) is 1.64. The molecule has 0 atom stereocenters. The van der Waals surface area contributed by atoms with E-state index in [2.05, 4.69) is 5.32 Å². The normalized spacial score (nSPS) is 13.9. The van der Waals surface area contributed by atoms with Crippen LogP contribution < -0.4 is 5.32 Å². The Morgan fingerprint density at radius 1 is 1.04 bits per heavy atom. The smallest absolute Gasteiger partial charge is 0.291 e. The Morgan fingerprint density at radius 2 is 1.74 bits per heavy atom. The summed E-state index contributed by atoms with van der Waals surface area (Å²) in [5.74, 6) is -0.687. The number of para-hydroxylation sites is 1. The van der Waals surface area contributed by atoms with Crippen LogP contribution in [0, 0.1) is 5.82 Å². The summed E-state index contributed by atoms with van der Waals surface area (Å²) >= 11 is 0. The molecule has 5 nitrogen and oxygen atoms in total. The van der Waals surface area contributed by atoms with E-state index >= 15 is 0 Å². The van der Waals surface area contributed by atoms with Crippen LogP contribution in [0.4, 0.5) is 10.1 Å². The van der Waals surface area contributed by atoms with Gasteiger partial charge in [0.1, 0.15) is 17.1 Å². The maximum atomic E-state index is 13.0. The number of rotatable bonds is 4. The molecule has 1 aromatic heterocycles. The third-order valence-corrected chi connectivity index (χ3v) is 4.73. The predicted molar refractivity (Wildman–Crippen MR) is 100 cm³/mol. The van der Waals surface area contributed by atoms with Gasteiger partial charge in [0.15, 0.2) is 0 Å². The summed E-state index contributed by atoms with van der Waals surface area (Å²) in [4.78, 5) is 27.1. The highest BCUT2D eigenvalue weighted by molar-refractivity contribution is 6.11. The zero-order valence-corrected chi connectivity index (χ0v) is 14.7. The number of furan rings is 1. The van der Waals surface area contributed by atoms with Gasteiger partial charge in [-0.1, -0.05) is 24.3 Å². The molecule has 1 aliphatic heterocycles. The number of anilines is 1. The fourth-order valence-electron chi connectivity index (χ4n) is 3.36. The lowest BCUT2D eigenvalue weighted by Crippen LogP contribution is -2.28. The number of nitrogens with zero attached hydrogens (tertiary/aromatic N) is 1. The van der Waals surface area contributed by atoms with Gasteiger partial charge < -0.3 is 14.6 Å². The van der Waals surface area contributed by atoms with Crippen LogP contribution in [-0.4, -0.2) is 29.8 Å². The highest BCUT2D eigenvalue weighted by Crippen LogP contribution is 2.32. The van der Waals surface area contributed by atoms with Crippen molar-refractivity contribution in [3.63, 3.8) is 0 Å². The lowest BCUT2D eigenvalue weighted by molar-refractivity contribution is -0.115. The van der Waals surface area contributed by atoms with Crippen LogP contribution in [0.1, 0.15) is 29.0 Å². The maximum Gasteiger partial charge on any atom is 0.291 e. The second kappa shape index (κ2) is 7.23. The van der Waals surface area contributed by atoms with Gasteiger partial charge >= 0.3 is 0 Å². The quantitative estimate of drug-likeness (QED) is 0.759. The van der Waals surface area contributed by atoms with Crippen molar-refractivity contribution in [2.75, 3.05) is 18.4 Å². The van der Waals surface area contributed by atoms with E-state index in [-0.39, 0.29) is 29.8 Å². The number of carbonyl (C=O) groups is 2. The molecule has 1 aliphatic rings. The van der Waals surface area contributed by atoms with E-state index in [9.17, 15) is 14.0 Å². The van der Waals surface area contributed by atoms with Crippen LogP contribution in [0.15, 0.2) is 52.9 Å². The van der Waals surface area contributed by atoms with Crippen molar-refractivity contribution in [1.82, 2.24) is 4.90 Å². The molecule has 0 spiro atoms. The first-order valence-electron chi connectivity index (χ1n) is 8.97. The molecule has 3 aromatic rings. The van der Waals surface area contributed by atoms with Crippen molar-refractivity contribution < 1.29 is 18.4 Å². The first kappa shape index (κ1) is 17.3. The molecule has 27 heavy (non-hydrogen) atoms. The van der Waals surface area contributed by atoms with E-state index in [1.165, 1.54) is 12.1 Å². The number of hydrogen-bond acceptors (Lipinski definition) is 3. The number of benzene rings is 2. The largest absolute Gasteiger partial charge is 0.449 e. The van der Waals surface area contributed by atoms with E-state index in [4.69, 9.17) is 4.42 Å². The molecular weight excluding hydrogens is 347 g/mol. The summed E-state index contributed by atoms with van der Waals surface area (Å²) in [5, 5.41) is 3.51. The zero-order chi connectivity index (χ0) is 18.8. The van der Waals surface area contributed by atoms with Crippen molar-refractivity contribution >= 4 is 28.5 Å². The number of likely N-dealkylation sites (tertiary alicyclic amines) is 1. The average Bonchev–Trinajstić information content (AvgIpc) is 3.32. The monoisotopic (exact) mass is 366 g/mol. The number of carbonyl (C=O) groups excluding carboxylic acids is 2. The molecule has 1 fully saturated rings. The standard InChI is InChI=1S/C21H19FN2O3/c22-15-9-7-14(8-10-15)13-18(25)23-19-16-5-1-2-6-17(16)27-20(19)21(26)24-11-3-4-12-24/h1-2,5-10H,3-4,11-13H2,(H,23,25). The Hall–Kier alpha value is -3.15. The van der Waals surface area contributed by atoms with Crippen molar-refractivity contribution in [1.29, 1.82) is 0 Å². The SMILES string of the molecule is O=C(Cc1ccc(F)cc1)Nc1c(C(=O)N2CCCC2)oc2ccccc12. The van der Waals surface area contributed by atoms with Gasteiger partial charge in [-0.2, -0.15) is 0 Å². The fourth-order valence-corrected chi connectivity index (χ4v) is 3.36. The van der Waals surface area contributed by atoms with Crippen LogP contribution in [0.2, 0.25) is 0 Å². The molecule has 0 radical (unpaired) electrons. The molecule has 138 valence electrons. The first-order chi connectivity index (χ1) is 13.1. The molecule has 2 aromatic carbocycles. The molecule has 0 saturated carbocycles. The Balaban J connectivity index is 1.63. The summed E-state index contributed by atoms with van der Waals surface area (Å²) in [6.07, 6.45) is 2.02. The second-order valence-electron chi connectivity index (χ2n) is 6.65. The zero-order valence-electron chi connectivity index (χ0n) is 14.7. The van der Waals surface area contributed by atoms with E-state index < -0.39 is 0 Å². The van der Waals surface area contributed by atoms with Crippen molar-refractivity contribution in [2.45, 2.75) is 19.3 Å². The minimum Gasteiger partial charge on any atom is -0.449 e. The lowest BCUT2D eigenvalue weighted by Gasteiger charge is -2.14. The van der Waals surface area contributed by atoms with E-state index in [1.807, 2.05) is 18.2 Å². The van der Waals surface area contributed by atoms with Gasteiger partial charge in [0.25, 0.3) is 5.91 Å². The van der Waals surface area contributed by atoms with Gasteiger partial charge in [-0.25, -0.2) is 4.39 Å². The Morgan fingerprint density at radius 3 is 2.48 bits per heavy atom. The average molecular weight is 366 g/mol. The summed E-state index contributed by atoms with van der Waals surface area (Å²) in [6.45, 7) is 1.39. The van der Waals surface area contributed by atoms with Gasteiger partial charge in [0, 0.05) is 18.5 Å². The first-order valence-corrected chi connectivity index (χ1v) is 8.97. The maximum absolute atomic E-state index is 13.0. The molecular formula is C21H19FN2O3. The van der Waals surface area contributed by atoms with Gasteiger partial charge in [-0.05, 0) is 42.7 Å². The second-order valence-corrected chi connectivity index (χ2v) is 6.65. The Kier molecular flexibility index (Phi) is 4.62. The highest BCUT2D eigenvalue weighted by Gasteiger charge is 2.28. The lowest BCUT2D eigenvalue weighted by atomic mass is 10.1. The fraction of sp³-hybridized carbons (Fsp3) is 0.238. The molecule has 4 rings (SSSR count). The predicted octanol–water partition coefficient (Wildman–Crippen LogP) is 3.99. The van der Waals surface area contributed by atoms with Crippen molar-refractivity contribution in [2.24, 2.45) is 0 Å². The third kappa shape index (κ3) is 3.56. The van der Waals surface area contributed by atoms with Crippen LogP contribution in [0.5, 0.6) is 0 Å². The van der Waals surface area contributed by atoms with E-state index in [0.29, 0.717) is 35.3 Å². The molecule has 2 amide bonds. The van der Waals surface area contributed by atoms with Crippen molar-refractivity contribution in [3.8, 4) is 0 Å². The topological polar surface area (TPSA) is 62.6 Å². The van der Waals surface area contributed by atoms with Gasteiger partial charge in [-0.3, -0.25) is 9.59 Å². The Labute approximate surface area is 155 Å². The van der Waals surface area contributed by atoms with Gasteiger partial charge in [-0.15, -0.1) is 0 Å². The Bertz CT molecular complexity index is 988. The van der Waals surface area contributed by atoms with Gasteiger partial charge in [0.2, 0.25) is 11.7 Å². The van der Waals surface area contributed by atoms with E-state index in [1.54, 1.807) is 23.1 Å². The van der Waals surface area contributed by atoms with E-state index in [0.717, 1.165) is 12.8 Å². The molecule has 6 heteroatoms. The number of amides is 2. The highest BCUT2D eigenvalue weighted by atomic mass is 19.1. The molecule has 0 unspecified atom stereocenters. The summed E-state index contributed by atoms with van der Waals surface area (Å²) in [7, 11) is 0. The molecule has 1 N–H and O–H groups in total.